The number of rotatable bonds is 3. The maximum absolute atomic E-state index is 5.84. The number of hydrogen-bond donors (Lipinski definition) is 1. The predicted octanol–water partition coefficient (Wildman–Crippen LogP) is 1.20. The van der Waals surface area contributed by atoms with Gasteiger partial charge in [0, 0.05) is 18.9 Å². The summed E-state index contributed by atoms with van der Waals surface area (Å²) >= 11 is 0. The van der Waals surface area contributed by atoms with Gasteiger partial charge in [0.05, 0.1) is 6.04 Å². The number of hydrogen-bond acceptors (Lipinski definition) is 4. The highest BCUT2D eigenvalue weighted by Gasteiger charge is 2.17. The molecule has 1 aromatic carbocycles. The lowest BCUT2D eigenvalue weighted by molar-refractivity contribution is 0.171. The molecular weight excluding hydrogens is 230 g/mol. The van der Waals surface area contributed by atoms with Crippen molar-refractivity contribution >= 4 is 0 Å². The van der Waals surface area contributed by atoms with Gasteiger partial charge >= 0.3 is 0 Å². The monoisotopic (exact) mass is 245 g/mol. The van der Waals surface area contributed by atoms with Crippen molar-refractivity contribution in [2.45, 2.75) is 6.04 Å². The van der Waals surface area contributed by atoms with Crippen molar-refractivity contribution in [1.29, 1.82) is 0 Å². The lowest BCUT2D eigenvalue weighted by Crippen LogP contribution is -2.21. The largest absolute Gasteiger partial charge is 0.486 e. The van der Waals surface area contributed by atoms with Crippen molar-refractivity contribution in [3.63, 3.8) is 0 Å². The van der Waals surface area contributed by atoms with Gasteiger partial charge in [0.2, 0.25) is 0 Å². The Morgan fingerprint density at radius 1 is 1.28 bits per heavy atom. The van der Waals surface area contributed by atoms with E-state index in [4.69, 9.17) is 15.2 Å². The Hall–Kier alpha value is -2.01. The highest BCUT2D eigenvalue weighted by Crippen LogP contribution is 2.33. The maximum Gasteiger partial charge on any atom is 0.161 e. The Morgan fingerprint density at radius 3 is 2.83 bits per heavy atom. The molecule has 1 atom stereocenters. The van der Waals surface area contributed by atoms with E-state index in [1.807, 2.05) is 35.1 Å². The second kappa shape index (κ2) is 4.70. The number of nitrogens with zero attached hydrogens (tertiary/aromatic N) is 2. The molecule has 0 saturated carbocycles. The van der Waals surface area contributed by atoms with Crippen LogP contribution in [-0.4, -0.2) is 29.5 Å². The number of ether oxygens (including phenoxy) is 2. The van der Waals surface area contributed by atoms with E-state index in [1.165, 1.54) is 0 Å². The van der Waals surface area contributed by atoms with Crippen LogP contribution in [0.25, 0.3) is 0 Å². The fourth-order valence-corrected chi connectivity index (χ4v) is 2.13. The van der Waals surface area contributed by atoms with Gasteiger partial charge in [0.1, 0.15) is 13.2 Å². The third-order valence-corrected chi connectivity index (χ3v) is 3.02. The van der Waals surface area contributed by atoms with Gasteiger partial charge in [-0.05, 0) is 23.8 Å². The molecule has 0 fully saturated rings. The summed E-state index contributed by atoms with van der Waals surface area (Å²) in [6.07, 6.45) is 3.66. The molecule has 0 saturated heterocycles. The third kappa shape index (κ3) is 1.93. The average molecular weight is 245 g/mol. The average Bonchev–Trinajstić information content (AvgIpc) is 2.93. The van der Waals surface area contributed by atoms with Crippen LogP contribution in [0.2, 0.25) is 0 Å². The minimum atomic E-state index is 0.0239. The van der Waals surface area contributed by atoms with Gasteiger partial charge in [-0.1, -0.05) is 6.07 Å². The van der Waals surface area contributed by atoms with E-state index in [2.05, 4.69) is 5.10 Å². The summed E-state index contributed by atoms with van der Waals surface area (Å²) < 4.78 is 12.9. The molecule has 2 heterocycles. The highest BCUT2D eigenvalue weighted by molar-refractivity contribution is 5.44. The second-order valence-corrected chi connectivity index (χ2v) is 4.14. The van der Waals surface area contributed by atoms with Crippen molar-refractivity contribution < 1.29 is 9.47 Å². The van der Waals surface area contributed by atoms with Gasteiger partial charge in [0.15, 0.2) is 11.5 Å². The van der Waals surface area contributed by atoms with Crippen molar-refractivity contribution in [3.8, 4) is 11.5 Å². The van der Waals surface area contributed by atoms with Gasteiger partial charge < -0.3 is 15.2 Å². The Balaban J connectivity index is 1.95. The molecule has 0 amide bonds. The maximum atomic E-state index is 5.84. The Bertz CT molecular complexity index is 525. The van der Waals surface area contributed by atoms with Gasteiger partial charge in [-0.15, -0.1) is 0 Å². The van der Waals surface area contributed by atoms with Crippen molar-refractivity contribution in [2.24, 2.45) is 5.73 Å². The lowest BCUT2D eigenvalue weighted by atomic mass is 10.1. The molecule has 3 rings (SSSR count). The smallest absolute Gasteiger partial charge is 0.161 e. The van der Waals surface area contributed by atoms with Gasteiger partial charge in [-0.25, -0.2) is 0 Å². The third-order valence-electron chi connectivity index (χ3n) is 3.02. The van der Waals surface area contributed by atoms with Crippen LogP contribution in [0.15, 0.2) is 36.7 Å². The van der Waals surface area contributed by atoms with Crippen LogP contribution in [0, 0.1) is 0 Å². The molecule has 0 spiro atoms. The molecule has 5 nitrogen and oxygen atoms in total. The molecule has 1 aliphatic heterocycles. The summed E-state index contributed by atoms with van der Waals surface area (Å²) in [6, 6.07) is 7.83. The fraction of sp³-hybridized carbons (Fsp3) is 0.308. The molecule has 0 bridgehead atoms. The Kier molecular flexibility index (Phi) is 2.90. The molecule has 2 N–H and O–H groups in total. The van der Waals surface area contributed by atoms with Gasteiger partial charge in [0.25, 0.3) is 0 Å². The van der Waals surface area contributed by atoms with E-state index in [0.29, 0.717) is 19.8 Å². The molecule has 1 aliphatic rings. The lowest BCUT2D eigenvalue weighted by Gasteiger charge is -2.21. The number of benzene rings is 1. The molecule has 0 aliphatic carbocycles. The quantitative estimate of drug-likeness (QED) is 0.882. The molecule has 1 aromatic heterocycles. The minimum Gasteiger partial charge on any atom is -0.486 e. The Labute approximate surface area is 105 Å². The summed E-state index contributed by atoms with van der Waals surface area (Å²) in [5.74, 6) is 1.57. The zero-order valence-corrected chi connectivity index (χ0v) is 9.95. The van der Waals surface area contributed by atoms with Crippen LogP contribution in [0.1, 0.15) is 11.6 Å². The van der Waals surface area contributed by atoms with E-state index in [1.54, 1.807) is 6.20 Å². The number of nitrogens with two attached hydrogens (primary N) is 1. The summed E-state index contributed by atoms with van der Waals surface area (Å²) in [5, 5.41) is 4.24. The molecular formula is C13H15N3O2. The van der Waals surface area contributed by atoms with Crippen LogP contribution in [-0.2, 0) is 0 Å². The first kappa shape index (κ1) is 11.1. The van der Waals surface area contributed by atoms with Gasteiger partial charge in [-0.3, -0.25) is 4.68 Å². The zero-order valence-electron chi connectivity index (χ0n) is 9.95. The summed E-state index contributed by atoms with van der Waals surface area (Å²) in [4.78, 5) is 0. The molecule has 5 heteroatoms. The fourth-order valence-electron chi connectivity index (χ4n) is 2.13. The summed E-state index contributed by atoms with van der Waals surface area (Å²) in [7, 11) is 0. The first-order chi connectivity index (χ1) is 8.88. The van der Waals surface area contributed by atoms with Crippen molar-refractivity contribution in [1.82, 2.24) is 9.78 Å². The van der Waals surface area contributed by atoms with Crippen LogP contribution < -0.4 is 15.2 Å². The molecule has 2 aromatic rings. The van der Waals surface area contributed by atoms with Crippen LogP contribution in [0.5, 0.6) is 11.5 Å². The zero-order chi connectivity index (χ0) is 12.4. The van der Waals surface area contributed by atoms with Crippen LogP contribution in [0.3, 0.4) is 0 Å². The summed E-state index contributed by atoms with van der Waals surface area (Å²) in [6.45, 7) is 1.68. The van der Waals surface area contributed by atoms with Crippen molar-refractivity contribution in [3.05, 3.63) is 42.2 Å². The predicted molar refractivity (Wildman–Crippen MR) is 66.9 cm³/mol. The first-order valence-electron chi connectivity index (χ1n) is 5.97. The standard InChI is InChI=1S/C13H15N3O2/c14-9-11(16-5-1-4-15-16)10-2-3-12-13(8-10)18-7-6-17-12/h1-5,8,11H,6-7,9,14H2. The SMILES string of the molecule is NCC(c1ccc2c(c1)OCCO2)n1cccn1. The van der Waals surface area contributed by atoms with Crippen LogP contribution >= 0.6 is 0 Å². The molecule has 18 heavy (non-hydrogen) atoms. The van der Waals surface area contributed by atoms with Gasteiger partial charge in [-0.2, -0.15) is 5.10 Å². The minimum absolute atomic E-state index is 0.0239. The Morgan fingerprint density at radius 2 is 2.11 bits per heavy atom. The van der Waals surface area contributed by atoms with Crippen molar-refractivity contribution in [2.75, 3.05) is 19.8 Å². The van der Waals surface area contributed by atoms with E-state index < -0.39 is 0 Å². The first-order valence-corrected chi connectivity index (χ1v) is 5.97. The molecule has 94 valence electrons. The molecule has 0 radical (unpaired) electrons. The number of aromatic nitrogens is 2. The normalized spacial score (nSPS) is 15.4. The topological polar surface area (TPSA) is 62.3 Å². The number of fused-ring (bicyclic) bond motifs is 1. The highest BCUT2D eigenvalue weighted by atomic mass is 16.6. The van der Waals surface area contributed by atoms with E-state index >= 15 is 0 Å². The van der Waals surface area contributed by atoms with E-state index in [0.717, 1.165) is 17.1 Å². The van der Waals surface area contributed by atoms with E-state index in [-0.39, 0.29) is 6.04 Å². The second-order valence-electron chi connectivity index (χ2n) is 4.14. The summed E-state index contributed by atoms with van der Waals surface area (Å²) in [5.41, 5.74) is 6.91. The van der Waals surface area contributed by atoms with E-state index in [9.17, 15) is 0 Å². The molecule has 1 unspecified atom stereocenters. The van der Waals surface area contributed by atoms with Crippen LogP contribution in [0.4, 0.5) is 0 Å².